The molecular formula is C5H6N2O. The Morgan fingerprint density at radius 3 is 3.12 bits per heavy atom. The van der Waals surface area contributed by atoms with E-state index in [0.29, 0.717) is 0 Å². The highest BCUT2D eigenvalue weighted by molar-refractivity contribution is 5.56. The topological polar surface area (TPSA) is 35.8 Å². The summed E-state index contributed by atoms with van der Waals surface area (Å²) in [6.45, 7) is 0. The van der Waals surface area contributed by atoms with Crippen LogP contribution in [0, 0.1) is 0 Å². The molecule has 0 amide bonds. The van der Waals surface area contributed by atoms with E-state index in [-0.39, 0.29) is 0 Å². The average molecular weight is 110 g/mol. The van der Waals surface area contributed by atoms with E-state index in [1.54, 1.807) is 18.4 Å². The molecule has 0 spiro atoms. The van der Waals surface area contributed by atoms with Crippen molar-refractivity contribution >= 4 is 6.34 Å². The second kappa shape index (κ2) is 2.28. The molecule has 0 unspecified atom stereocenters. The number of hydrogen-bond donors (Lipinski definition) is 1. The van der Waals surface area contributed by atoms with Gasteiger partial charge in [-0.25, -0.2) is 10.1 Å². The lowest BCUT2D eigenvalue weighted by Gasteiger charge is -1.98. The highest BCUT2D eigenvalue weighted by Gasteiger charge is 1.83. The van der Waals surface area contributed by atoms with Gasteiger partial charge in [0.15, 0.2) is 0 Å². The van der Waals surface area contributed by atoms with Crippen LogP contribution in [0.15, 0.2) is 29.5 Å². The molecule has 0 aromatic carbocycles. The summed E-state index contributed by atoms with van der Waals surface area (Å²) < 4.78 is 0. The molecule has 0 fully saturated rings. The van der Waals surface area contributed by atoms with Crippen LogP contribution >= 0.6 is 0 Å². The van der Waals surface area contributed by atoms with Gasteiger partial charge in [0.05, 0.1) is 0 Å². The normalized spacial score (nSPS) is 16.9. The number of rotatable bonds is 0. The SMILES string of the molecule is ON1C=CC=CN=C1. The van der Waals surface area contributed by atoms with E-state index in [1.165, 1.54) is 12.5 Å². The molecule has 0 aliphatic carbocycles. The van der Waals surface area contributed by atoms with Crippen molar-refractivity contribution in [2.75, 3.05) is 0 Å². The summed E-state index contributed by atoms with van der Waals surface area (Å²) in [5.74, 6) is 0. The summed E-state index contributed by atoms with van der Waals surface area (Å²) in [6.07, 6.45) is 7.80. The third-order valence-corrected chi connectivity index (χ3v) is 0.707. The average Bonchev–Trinajstić information content (AvgIpc) is 1.94. The maximum absolute atomic E-state index is 8.65. The van der Waals surface area contributed by atoms with E-state index in [9.17, 15) is 0 Å². The first-order valence-corrected chi connectivity index (χ1v) is 2.23. The minimum absolute atomic E-state index is 0.889. The van der Waals surface area contributed by atoms with E-state index in [1.807, 2.05) is 0 Å². The van der Waals surface area contributed by atoms with Crippen LogP contribution in [0.2, 0.25) is 0 Å². The fourth-order valence-corrected chi connectivity index (χ4v) is 0.383. The van der Waals surface area contributed by atoms with Gasteiger partial charge in [-0.2, -0.15) is 0 Å². The van der Waals surface area contributed by atoms with E-state index < -0.39 is 0 Å². The Hall–Kier alpha value is -1.09. The van der Waals surface area contributed by atoms with Crippen molar-refractivity contribution in [3.63, 3.8) is 0 Å². The minimum atomic E-state index is 0.889. The van der Waals surface area contributed by atoms with Crippen LogP contribution < -0.4 is 0 Å². The van der Waals surface area contributed by atoms with Crippen LogP contribution in [0.25, 0.3) is 0 Å². The van der Waals surface area contributed by atoms with Crippen molar-refractivity contribution < 1.29 is 5.21 Å². The van der Waals surface area contributed by atoms with Crippen LogP contribution in [-0.4, -0.2) is 16.6 Å². The summed E-state index contributed by atoms with van der Waals surface area (Å²) in [5, 5.41) is 9.54. The largest absolute Gasteiger partial charge is 0.283 e. The second-order valence-corrected chi connectivity index (χ2v) is 1.33. The molecule has 3 heteroatoms. The van der Waals surface area contributed by atoms with Gasteiger partial charge in [0.1, 0.15) is 6.34 Å². The molecule has 0 atom stereocenters. The molecule has 0 radical (unpaired) electrons. The van der Waals surface area contributed by atoms with Crippen LogP contribution in [0.4, 0.5) is 0 Å². The quantitative estimate of drug-likeness (QED) is 0.499. The van der Waals surface area contributed by atoms with Gasteiger partial charge in [0.25, 0.3) is 0 Å². The number of nitrogens with zero attached hydrogens (tertiary/aromatic N) is 2. The van der Waals surface area contributed by atoms with E-state index in [4.69, 9.17) is 5.21 Å². The van der Waals surface area contributed by atoms with Gasteiger partial charge in [-0.15, -0.1) is 0 Å². The molecule has 0 saturated heterocycles. The molecule has 0 bridgehead atoms. The van der Waals surface area contributed by atoms with Gasteiger partial charge in [0.2, 0.25) is 0 Å². The Balaban J connectivity index is 2.66. The monoisotopic (exact) mass is 110 g/mol. The van der Waals surface area contributed by atoms with E-state index in [0.717, 1.165) is 5.06 Å². The molecule has 1 N–H and O–H groups in total. The number of allylic oxidation sites excluding steroid dienone is 2. The van der Waals surface area contributed by atoms with Crippen molar-refractivity contribution in [1.29, 1.82) is 0 Å². The van der Waals surface area contributed by atoms with Gasteiger partial charge in [-0.05, 0) is 12.2 Å². The van der Waals surface area contributed by atoms with Gasteiger partial charge < -0.3 is 0 Å². The fraction of sp³-hybridized carbons (Fsp3) is 0. The first-order valence-electron chi connectivity index (χ1n) is 2.23. The van der Waals surface area contributed by atoms with E-state index in [2.05, 4.69) is 4.99 Å². The van der Waals surface area contributed by atoms with E-state index >= 15 is 0 Å². The molecule has 42 valence electrons. The van der Waals surface area contributed by atoms with Crippen molar-refractivity contribution in [2.45, 2.75) is 0 Å². The highest BCUT2D eigenvalue weighted by atomic mass is 16.5. The lowest BCUT2D eigenvalue weighted by molar-refractivity contribution is 0.0443. The number of aliphatic imine (C=N–C) groups is 1. The van der Waals surface area contributed by atoms with Crippen LogP contribution in [0.5, 0.6) is 0 Å². The molecule has 1 aliphatic heterocycles. The lowest BCUT2D eigenvalue weighted by atomic mass is 10.6. The number of hydroxylamine groups is 2. The second-order valence-electron chi connectivity index (χ2n) is 1.33. The number of hydrogen-bond acceptors (Lipinski definition) is 3. The zero-order valence-electron chi connectivity index (χ0n) is 4.23. The van der Waals surface area contributed by atoms with Crippen LogP contribution in [0.1, 0.15) is 0 Å². The summed E-state index contributed by atoms with van der Waals surface area (Å²) in [7, 11) is 0. The molecule has 0 saturated carbocycles. The molecule has 1 rings (SSSR count). The van der Waals surface area contributed by atoms with Crippen molar-refractivity contribution in [3.8, 4) is 0 Å². The summed E-state index contributed by atoms with van der Waals surface area (Å²) >= 11 is 0. The molecule has 1 heterocycles. The Morgan fingerprint density at radius 1 is 1.38 bits per heavy atom. The van der Waals surface area contributed by atoms with Crippen molar-refractivity contribution in [3.05, 3.63) is 24.6 Å². The molecule has 3 nitrogen and oxygen atoms in total. The maximum Gasteiger partial charge on any atom is 0.120 e. The Kier molecular flexibility index (Phi) is 1.44. The molecule has 0 aromatic rings. The lowest BCUT2D eigenvalue weighted by Crippen LogP contribution is -2.06. The maximum atomic E-state index is 8.65. The third kappa shape index (κ3) is 1.20. The first kappa shape index (κ1) is 5.05. The predicted octanol–water partition coefficient (Wildman–Crippen LogP) is 0.747. The molecule has 1 aliphatic rings. The van der Waals surface area contributed by atoms with Crippen molar-refractivity contribution in [2.24, 2.45) is 4.99 Å². The van der Waals surface area contributed by atoms with Gasteiger partial charge in [0, 0.05) is 12.4 Å². The van der Waals surface area contributed by atoms with Gasteiger partial charge in [-0.3, -0.25) is 5.21 Å². The molecule has 8 heavy (non-hydrogen) atoms. The summed E-state index contributed by atoms with van der Waals surface area (Å²) in [6, 6.07) is 0. The predicted molar refractivity (Wildman–Crippen MR) is 30.4 cm³/mol. The van der Waals surface area contributed by atoms with Crippen molar-refractivity contribution in [1.82, 2.24) is 5.06 Å². The summed E-state index contributed by atoms with van der Waals surface area (Å²) in [4.78, 5) is 3.66. The standard InChI is InChI=1S/C5H6N2O/c8-7-4-2-1-3-6-5-7/h1-5,8H. The minimum Gasteiger partial charge on any atom is -0.283 e. The molecule has 0 aromatic heterocycles. The smallest absolute Gasteiger partial charge is 0.120 e. The van der Waals surface area contributed by atoms with Gasteiger partial charge in [-0.1, -0.05) is 0 Å². The van der Waals surface area contributed by atoms with Gasteiger partial charge >= 0.3 is 0 Å². The Morgan fingerprint density at radius 2 is 2.25 bits per heavy atom. The first-order chi connectivity index (χ1) is 3.89. The zero-order valence-corrected chi connectivity index (χ0v) is 4.23. The van der Waals surface area contributed by atoms with Crippen LogP contribution in [-0.2, 0) is 0 Å². The fourth-order valence-electron chi connectivity index (χ4n) is 0.383. The molecular weight excluding hydrogens is 104 g/mol. The van der Waals surface area contributed by atoms with Crippen LogP contribution in [0.3, 0.4) is 0 Å². The summed E-state index contributed by atoms with van der Waals surface area (Å²) in [5.41, 5.74) is 0. The zero-order chi connectivity index (χ0) is 5.82. The Bertz CT molecular complexity index is 133. The Labute approximate surface area is 47.2 Å². The third-order valence-electron chi connectivity index (χ3n) is 0.707. The highest BCUT2D eigenvalue weighted by Crippen LogP contribution is 1.86.